The fraction of sp³-hybridized carbons (Fsp3) is 0.111. The van der Waals surface area contributed by atoms with E-state index in [0.717, 1.165) is 10.8 Å². The molecule has 5 rings (SSSR count). The molecule has 1 unspecified atom stereocenters. The van der Waals surface area contributed by atoms with Gasteiger partial charge < -0.3 is 14.3 Å². The fourth-order valence-corrected chi connectivity index (χ4v) is 4.27. The minimum Gasteiger partial charge on any atom is -0.507 e. The van der Waals surface area contributed by atoms with Gasteiger partial charge in [0.25, 0.3) is 11.7 Å². The van der Waals surface area contributed by atoms with E-state index in [0.29, 0.717) is 29.4 Å². The summed E-state index contributed by atoms with van der Waals surface area (Å²) < 4.78 is 11.2. The number of ketones is 1. The highest BCUT2D eigenvalue weighted by atomic mass is 16.5. The van der Waals surface area contributed by atoms with Crippen LogP contribution in [0.15, 0.2) is 95.1 Å². The molecule has 0 spiro atoms. The Morgan fingerprint density at radius 1 is 1.00 bits per heavy atom. The summed E-state index contributed by atoms with van der Waals surface area (Å²) in [4.78, 5) is 28.0. The Hall–Kier alpha value is -4.32. The van der Waals surface area contributed by atoms with Crippen molar-refractivity contribution in [3.8, 4) is 5.75 Å². The fourth-order valence-electron chi connectivity index (χ4n) is 4.27. The van der Waals surface area contributed by atoms with Crippen LogP contribution in [0.2, 0.25) is 0 Å². The van der Waals surface area contributed by atoms with Crippen LogP contribution in [0.25, 0.3) is 16.5 Å². The number of furan rings is 1. The smallest absolute Gasteiger partial charge is 0.300 e. The van der Waals surface area contributed by atoms with Crippen molar-refractivity contribution in [3.05, 3.63) is 102 Å². The van der Waals surface area contributed by atoms with Crippen molar-refractivity contribution in [1.29, 1.82) is 0 Å². The number of rotatable bonds is 5. The normalized spacial score (nSPS) is 17.6. The molecule has 1 N–H and O–H groups in total. The molecule has 2 heterocycles. The van der Waals surface area contributed by atoms with E-state index in [2.05, 4.69) is 0 Å². The van der Waals surface area contributed by atoms with Crippen molar-refractivity contribution < 1.29 is 23.8 Å². The minimum atomic E-state index is -0.915. The van der Waals surface area contributed by atoms with Gasteiger partial charge in [-0.1, -0.05) is 48.5 Å². The third-order valence-corrected chi connectivity index (χ3v) is 5.70. The Balaban J connectivity index is 1.73. The third-order valence-electron chi connectivity index (χ3n) is 5.70. The molecule has 1 fully saturated rings. The lowest BCUT2D eigenvalue weighted by Crippen LogP contribution is -2.29. The molecule has 0 radical (unpaired) electrons. The van der Waals surface area contributed by atoms with Crippen LogP contribution in [0.5, 0.6) is 5.75 Å². The minimum absolute atomic E-state index is 0.0310. The number of hydrogen-bond donors (Lipinski definition) is 1. The topological polar surface area (TPSA) is 80.0 Å². The molecule has 1 atom stereocenters. The maximum absolute atomic E-state index is 13.3. The monoisotopic (exact) mass is 439 g/mol. The summed E-state index contributed by atoms with van der Waals surface area (Å²) in [5, 5.41) is 13.0. The Labute approximate surface area is 190 Å². The number of amides is 1. The van der Waals surface area contributed by atoms with E-state index in [4.69, 9.17) is 9.15 Å². The van der Waals surface area contributed by atoms with Gasteiger partial charge >= 0.3 is 0 Å². The van der Waals surface area contributed by atoms with E-state index in [1.165, 1.54) is 11.2 Å². The molecular weight excluding hydrogens is 418 g/mol. The second kappa shape index (κ2) is 8.31. The number of Topliss-reactive ketones (excluding diaryl/α,β-unsaturated/α-hetero) is 1. The number of ether oxygens (including phenoxy) is 1. The van der Waals surface area contributed by atoms with Gasteiger partial charge in [0, 0.05) is 10.9 Å². The SMILES string of the molecule is CCOc1cccc(/C(O)=C2/C(=O)C(=O)N(c3cccc4ccccc34)C2c2ccco2)c1. The van der Waals surface area contributed by atoms with Crippen LogP contribution in [0, 0.1) is 0 Å². The van der Waals surface area contributed by atoms with Gasteiger partial charge in [0.2, 0.25) is 0 Å². The van der Waals surface area contributed by atoms with Crippen molar-refractivity contribution in [2.75, 3.05) is 11.5 Å². The predicted octanol–water partition coefficient (Wildman–Crippen LogP) is 5.46. The zero-order valence-electron chi connectivity index (χ0n) is 17.9. The molecule has 6 heteroatoms. The van der Waals surface area contributed by atoms with E-state index in [1.54, 1.807) is 42.5 Å². The molecule has 164 valence electrons. The molecule has 6 nitrogen and oxygen atoms in total. The van der Waals surface area contributed by atoms with Gasteiger partial charge in [-0.05, 0) is 42.6 Å². The quantitative estimate of drug-likeness (QED) is 0.254. The van der Waals surface area contributed by atoms with Crippen LogP contribution < -0.4 is 9.64 Å². The molecule has 1 aliphatic heterocycles. The number of carbonyl (C=O) groups is 2. The summed E-state index contributed by atoms with van der Waals surface area (Å²) >= 11 is 0. The van der Waals surface area contributed by atoms with Gasteiger partial charge in [0.15, 0.2) is 0 Å². The average Bonchev–Trinajstić information content (AvgIpc) is 3.46. The van der Waals surface area contributed by atoms with E-state index in [1.807, 2.05) is 43.3 Å². The highest BCUT2D eigenvalue weighted by Crippen LogP contribution is 2.44. The lowest BCUT2D eigenvalue weighted by atomic mass is 9.98. The lowest BCUT2D eigenvalue weighted by Gasteiger charge is -2.24. The predicted molar refractivity (Wildman–Crippen MR) is 125 cm³/mol. The molecule has 0 bridgehead atoms. The zero-order valence-corrected chi connectivity index (χ0v) is 17.9. The number of hydrogen-bond acceptors (Lipinski definition) is 5. The Kier molecular flexibility index (Phi) is 5.18. The summed E-state index contributed by atoms with van der Waals surface area (Å²) in [5.41, 5.74) is 0.920. The summed E-state index contributed by atoms with van der Waals surface area (Å²) in [6.45, 7) is 2.32. The van der Waals surface area contributed by atoms with Crippen molar-refractivity contribution in [3.63, 3.8) is 0 Å². The third kappa shape index (κ3) is 3.46. The molecular formula is C27H21NO5. The molecule has 1 aromatic heterocycles. The van der Waals surface area contributed by atoms with Crippen molar-refractivity contribution in [2.24, 2.45) is 0 Å². The number of fused-ring (bicyclic) bond motifs is 1. The number of benzene rings is 3. The van der Waals surface area contributed by atoms with Crippen molar-refractivity contribution >= 4 is 33.9 Å². The zero-order chi connectivity index (χ0) is 22.9. The van der Waals surface area contributed by atoms with Crippen molar-refractivity contribution in [2.45, 2.75) is 13.0 Å². The van der Waals surface area contributed by atoms with Gasteiger partial charge in [-0.15, -0.1) is 0 Å². The first kappa shape index (κ1) is 20.6. The standard InChI is InChI=1S/C27H21NO5/c1-2-32-19-11-5-10-18(16-19)25(29)23-24(22-14-7-15-33-22)28(27(31)26(23)30)21-13-6-9-17-8-3-4-12-20(17)21/h3-16,24,29H,2H2,1H3/b25-23-. The number of aliphatic hydroxyl groups excluding tert-OH is 1. The van der Waals surface area contributed by atoms with E-state index >= 15 is 0 Å². The highest BCUT2D eigenvalue weighted by Gasteiger charge is 2.48. The molecule has 1 aliphatic rings. The Morgan fingerprint density at radius 3 is 2.58 bits per heavy atom. The summed E-state index contributed by atoms with van der Waals surface area (Å²) in [7, 11) is 0. The molecule has 1 saturated heterocycles. The number of nitrogens with zero attached hydrogens (tertiary/aromatic N) is 1. The Morgan fingerprint density at radius 2 is 1.79 bits per heavy atom. The van der Waals surface area contributed by atoms with Gasteiger partial charge in [-0.3, -0.25) is 14.5 Å². The molecule has 33 heavy (non-hydrogen) atoms. The van der Waals surface area contributed by atoms with Crippen molar-refractivity contribution in [1.82, 2.24) is 0 Å². The van der Waals surface area contributed by atoms with Gasteiger partial charge in [-0.2, -0.15) is 0 Å². The first-order valence-electron chi connectivity index (χ1n) is 10.7. The maximum atomic E-state index is 13.3. The average molecular weight is 439 g/mol. The Bertz CT molecular complexity index is 1380. The summed E-state index contributed by atoms with van der Waals surface area (Å²) in [6, 6.07) is 22.5. The number of anilines is 1. The lowest BCUT2D eigenvalue weighted by molar-refractivity contribution is -0.132. The van der Waals surface area contributed by atoms with Crippen LogP contribution in [0.4, 0.5) is 5.69 Å². The summed E-state index contributed by atoms with van der Waals surface area (Å²) in [5.74, 6) is -0.845. The van der Waals surface area contributed by atoms with Gasteiger partial charge in [0.1, 0.15) is 23.3 Å². The van der Waals surface area contributed by atoms with Crippen LogP contribution in [-0.4, -0.2) is 23.4 Å². The number of carbonyl (C=O) groups excluding carboxylic acids is 2. The maximum Gasteiger partial charge on any atom is 0.300 e. The second-order valence-electron chi connectivity index (χ2n) is 7.64. The largest absolute Gasteiger partial charge is 0.507 e. The highest BCUT2D eigenvalue weighted by molar-refractivity contribution is 6.52. The van der Waals surface area contributed by atoms with E-state index in [9.17, 15) is 14.7 Å². The van der Waals surface area contributed by atoms with Gasteiger partial charge in [-0.25, -0.2) is 0 Å². The molecule has 3 aromatic carbocycles. The van der Waals surface area contributed by atoms with E-state index in [-0.39, 0.29) is 11.3 Å². The van der Waals surface area contributed by atoms with Crippen LogP contribution in [-0.2, 0) is 9.59 Å². The first-order chi connectivity index (χ1) is 16.1. The van der Waals surface area contributed by atoms with Gasteiger partial charge in [0.05, 0.1) is 24.1 Å². The van der Waals surface area contributed by atoms with Crippen LogP contribution in [0.1, 0.15) is 24.3 Å². The number of aliphatic hydroxyl groups is 1. The molecule has 1 amide bonds. The summed E-state index contributed by atoms with van der Waals surface area (Å²) in [6.07, 6.45) is 1.48. The van der Waals surface area contributed by atoms with E-state index < -0.39 is 17.7 Å². The molecule has 4 aromatic rings. The molecule has 0 saturated carbocycles. The molecule has 0 aliphatic carbocycles. The first-order valence-corrected chi connectivity index (χ1v) is 10.7. The second-order valence-corrected chi connectivity index (χ2v) is 7.64. The van der Waals surface area contributed by atoms with Crippen LogP contribution >= 0.6 is 0 Å². The van der Waals surface area contributed by atoms with Crippen LogP contribution in [0.3, 0.4) is 0 Å².